The molecule has 5 nitrogen and oxygen atoms in total. The van der Waals surface area contributed by atoms with Crippen molar-refractivity contribution in [3.05, 3.63) is 47.5 Å². The summed E-state index contributed by atoms with van der Waals surface area (Å²) in [5.41, 5.74) is 0.181. The Bertz CT molecular complexity index is 697. The number of halogens is 1. The smallest absolute Gasteiger partial charge is 0.200 e. The molecule has 2 aromatic carbocycles. The van der Waals surface area contributed by atoms with Crippen LogP contribution < -0.4 is 9.47 Å². The van der Waals surface area contributed by atoms with Gasteiger partial charge in [0.1, 0.15) is 27.1 Å². The van der Waals surface area contributed by atoms with Gasteiger partial charge in [-0.25, -0.2) is 0 Å². The van der Waals surface area contributed by atoms with E-state index in [0.717, 1.165) is 0 Å². The van der Waals surface area contributed by atoms with E-state index in [0.29, 0.717) is 11.5 Å². The maximum Gasteiger partial charge on any atom is 0.200 e. The fraction of sp³-hybridized carbons (Fsp3) is 0.188. The molecule has 0 bridgehead atoms. The SMILES string of the molecule is COc1ccc(C(=O)c2ccc(OC(C)I)cc2O)c(O)c1. The summed E-state index contributed by atoms with van der Waals surface area (Å²) < 4.78 is 10.3. The number of ether oxygens (including phenoxy) is 2. The molecule has 2 rings (SSSR count). The van der Waals surface area contributed by atoms with Gasteiger partial charge in [-0.2, -0.15) is 0 Å². The summed E-state index contributed by atoms with van der Waals surface area (Å²) in [6.07, 6.45) is 0. The number of rotatable bonds is 5. The standard InChI is InChI=1S/C16H15IO5/c1-9(17)22-11-4-6-13(15(19)8-11)16(20)12-5-3-10(21-2)7-14(12)18/h3-9,18-19H,1-2H3. The van der Waals surface area contributed by atoms with Gasteiger partial charge in [0.2, 0.25) is 0 Å². The van der Waals surface area contributed by atoms with Crippen LogP contribution in [0.2, 0.25) is 0 Å². The van der Waals surface area contributed by atoms with Gasteiger partial charge < -0.3 is 19.7 Å². The van der Waals surface area contributed by atoms with E-state index in [9.17, 15) is 15.0 Å². The van der Waals surface area contributed by atoms with Crippen molar-refractivity contribution in [2.24, 2.45) is 0 Å². The van der Waals surface area contributed by atoms with Crippen molar-refractivity contribution in [3.63, 3.8) is 0 Å². The van der Waals surface area contributed by atoms with Gasteiger partial charge in [0.15, 0.2) is 5.78 Å². The van der Waals surface area contributed by atoms with E-state index in [-0.39, 0.29) is 26.7 Å². The third-order valence-corrected chi connectivity index (χ3v) is 3.22. The molecule has 116 valence electrons. The van der Waals surface area contributed by atoms with Gasteiger partial charge in [-0.05, 0) is 53.8 Å². The first-order valence-electron chi connectivity index (χ1n) is 6.48. The van der Waals surface area contributed by atoms with E-state index in [1.54, 1.807) is 12.1 Å². The maximum atomic E-state index is 12.4. The lowest BCUT2D eigenvalue weighted by atomic mass is 10.0. The lowest BCUT2D eigenvalue weighted by molar-refractivity contribution is 0.103. The van der Waals surface area contributed by atoms with Crippen LogP contribution in [0.5, 0.6) is 23.0 Å². The van der Waals surface area contributed by atoms with Gasteiger partial charge in [0.25, 0.3) is 0 Å². The van der Waals surface area contributed by atoms with Crippen LogP contribution in [0.25, 0.3) is 0 Å². The Morgan fingerprint density at radius 1 is 1.05 bits per heavy atom. The van der Waals surface area contributed by atoms with Crippen LogP contribution in [-0.4, -0.2) is 27.2 Å². The highest BCUT2D eigenvalue weighted by atomic mass is 127. The van der Waals surface area contributed by atoms with Crippen molar-refractivity contribution in [1.82, 2.24) is 0 Å². The molecule has 0 heterocycles. The molecule has 0 amide bonds. The number of benzene rings is 2. The van der Waals surface area contributed by atoms with Gasteiger partial charge in [-0.15, -0.1) is 0 Å². The second-order valence-electron chi connectivity index (χ2n) is 4.55. The Morgan fingerprint density at radius 2 is 1.55 bits per heavy atom. The average molecular weight is 414 g/mol. The molecule has 0 saturated heterocycles. The minimum atomic E-state index is -0.480. The second-order valence-corrected chi connectivity index (χ2v) is 6.31. The number of ketones is 1. The normalized spacial score (nSPS) is 11.8. The summed E-state index contributed by atoms with van der Waals surface area (Å²) >= 11 is 2.08. The first-order chi connectivity index (χ1) is 10.4. The molecule has 0 fully saturated rings. The van der Waals surface area contributed by atoms with Crippen molar-refractivity contribution in [3.8, 4) is 23.0 Å². The topological polar surface area (TPSA) is 76.0 Å². The van der Waals surface area contributed by atoms with E-state index in [4.69, 9.17) is 9.47 Å². The van der Waals surface area contributed by atoms with Gasteiger partial charge in [-0.1, -0.05) is 0 Å². The number of phenolic OH excluding ortho intramolecular Hbond substituents is 2. The number of methoxy groups -OCH3 is 1. The van der Waals surface area contributed by atoms with E-state index >= 15 is 0 Å². The quantitative estimate of drug-likeness (QED) is 0.445. The van der Waals surface area contributed by atoms with Crippen molar-refractivity contribution < 1.29 is 24.5 Å². The van der Waals surface area contributed by atoms with Crippen LogP contribution in [0.1, 0.15) is 22.8 Å². The summed E-state index contributed by atoms with van der Waals surface area (Å²) in [6.45, 7) is 1.85. The Balaban J connectivity index is 2.33. The van der Waals surface area contributed by atoms with Crippen LogP contribution in [0, 0.1) is 0 Å². The highest BCUT2D eigenvalue weighted by Crippen LogP contribution is 2.31. The number of carbonyl (C=O) groups excluding carboxylic acids is 1. The van der Waals surface area contributed by atoms with Crippen LogP contribution in [0.3, 0.4) is 0 Å². The second kappa shape index (κ2) is 6.87. The molecule has 0 aliphatic heterocycles. The van der Waals surface area contributed by atoms with Crippen molar-refractivity contribution in [1.29, 1.82) is 0 Å². The lowest BCUT2D eigenvalue weighted by Crippen LogP contribution is -2.04. The van der Waals surface area contributed by atoms with Gasteiger partial charge in [0, 0.05) is 12.1 Å². The van der Waals surface area contributed by atoms with Gasteiger partial charge >= 0.3 is 0 Å². The van der Waals surface area contributed by atoms with Crippen LogP contribution in [0.15, 0.2) is 36.4 Å². The first-order valence-corrected chi connectivity index (χ1v) is 7.72. The van der Waals surface area contributed by atoms with E-state index in [2.05, 4.69) is 22.6 Å². The molecule has 6 heteroatoms. The molecule has 0 spiro atoms. The molecule has 0 aliphatic carbocycles. The van der Waals surface area contributed by atoms with Crippen LogP contribution in [-0.2, 0) is 0 Å². The summed E-state index contributed by atoms with van der Waals surface area (Å²) in [5.74, 6) is 0.0272. The molecule has 1 atom stereocenters. The minimum absolute atomic E-state index is 0.0656. The molecular weight excluding hydrogens is 399 g/mol. The fourth-order valence-electron chi connectivity index (χ4n) is 1.94. The minimum Gasteiger partial charge on any atom is -0.507 e. The number of aromatic hydroxyl groups is 2. The Morgan fingerprint density at radius 3 is 2.00 bits per heavy atom. The molecule has 22 heavy (non-hydrogen) atoms. The molecule has 0 aliphatic rings. The Hall–Kier alpha value is -1.96. The number of alkyl halides is 1. The Labute approximate surface area is 141 Å². The molecule has 0 aromatic heterocycles. The van der Waals surface area contributed by atoms with Crippen LogP contribution >= 0.6 is 22.6 Å². The largest absolute Gasteiger partial charge is 0.507 e. The predicted octanol–water partition coefficient (Wildman–Crippen LogP) is 3.50. The first kappa shape index (κ1) is 16.4. The van der Waals surface area contributed by atoms with Gasteiger partial charge in [-0.3, -0.25) is 4.79 Å². The summed E-state index contributed by atoms with van der Waals surface area (Å²) in [5, 5.41) is 19.9. The van der Waals surface area contributed by atoms with E-state index in [1.807, 2.05) is 6.92 Å². The zero-order valence-electron chi connectivity index (χ0n) is 12.0. The van der Waals surface area contributed by atoms with E-state index in [1.165, 1.54) is 31.4 Å². The highest BCUT2D eigenvalue weighted by Gasteiger charge is 2.18. The lowest BCUT2D eigenvalue weighted by Gasteiger charge is -2.11. The summed E-state index contributed by atoms with van der Waals surface area (Å²) in [6, 6.07) is 8.81. The average Bonchev–Trinajstić information content (AvgIpc) is 2.46. The van der Waals surface area contributed by atoms with Crippen LogP contribution in [0.4, 0.5) is 0 Å². The number of hydrogen-bond acceptors (Lipinski definition) is 5. The fourth-order valence-corrected chi connectivity index (χ4v) is 2.23. The predicted molar refractivity (Wildman–Crippen MR) is 90.3 cm³/mol. The molecule has 0 saturated carbocycles. The van der Waals surface area contributed by atoms with Crippen molar-refractivity contribution in [2.75, 3.05) is 7.11 Å². The molecule has 1 unspecified atom stereocenters. The highest BCUT2D eigenvalue weighted by molar-refractivity contribution is 14.1. The third-order valence-electron chi connectivity index (χ3n) is 2.96. The third kappa shape index (κ3) is 3.62. The molecular formula is C16H15IO5. The van der Waals surface area contributed by atoms with Crippen molar-refractivity contribution in [2.45, 2.75) is 11.0 Å². The monoisotopic (exact) mass is 414 g/mol. The van der Waals surface area contributed by atoms with Crippen molar-refractivity contribution >= 4 is 28.4 Å². The zero-order valence-corrected chi connectivity index (χ0v) is 14.2. The Kier molecular flexibility index (Phi) is 5.12. The number of carbonyl (C=O) groups is 1. The molecule has 0 radical (unpaired) electrons. The number of phenols is 2. The molecule has 2 N–H and O–H groups in total. The van der Waals surface area contributed by atoms with Gasteiger partial charge in [0.05, 0.1) is 18.2 Å². The summed E-state index contributed by atoms with van der Waals surface area (Å²) in [4.78, 5) is 12.4. The summed E-state index contributed by atoms with van der Waals surface area (Å²) in [7, 11) is 1.47. The number of hydrogen-bond donors (Lipinski definition) is 2. The molecule has 2 aromatic rings. The van der Waals surface area contributed by atoms with E-state index < -0.39 is 5.78 Å². The maximum absolute atomic E-state index is 12.4. The zero-order chi connectivity index (χ0) is 16.3.